The van der Waals surface area contributed by atoms with Gasteiger partial charge >= 0.3 is 65.1 Å². The van der Waals surface area contributed by atoms with Crippen LogP contribution in [0.25, 0.3) is 0 Å². The number of hydrogen-bond acceptors (Lipinski definition) is 27. The first kappa shape index (κ1) is 104. The number of nitrogens with zero attached hydrogens (tertiary/aromatic N) is 6. The fraction of sp³-hybridized carbons (Fsp3) is 0.576. The van der Waals surface area contributed by atoms with E-state index in [1.807, 2.05) is 71.6 Å². The standard InChI is InChI=1S/C16H21NO4.C14H21NO2.C14H19NO.C9H14N2O.C9H15NO4.C9H9NO4.C7H7Br.C7H13NO.Al.Li.H2O4S.4H/c1-20-15(18)13-9-6-10-14(16(19)21-2)17(13)11-12-7-4-3-5-8-12;16-10-13-7-4-8-14(11-17)15(13)9-12-5-2-1-3-6-12;1-2-5-12(6-3-1)9-15-13-7-4-8-14(15)11-16-10-13;10-4-5-11-8-2-1-3-9(11)7-12-6-8;2*1-13-8(11)6-4-3-5-7(10-6)9(12)14-2;8-6-7-4-2-1-3-5-7;1-2-6-4-9-5-7(3-1)8-6;;;1-5(2,3)4;;;;/h3-5,7-8,13-14H,6,9-11H2,1-2H3;1-3,5-6,13-14,16-17H,4,7-11H2;1-3,5-6,13-14H,4,7-11H2;8-9H,1-3,5-7H2;6-7,10H,3-5H2,1-2H3;3-5H,1-2H3;1-5H,6H2;6-8H,1-5H2;;;(H2,1,2,3,4);;;;/q;;;;;;;;;+1;;;;;-1. The van der Waals surface area contributed by atoms with Crippen molar-refractivity contribution in [2.45, 2.75) is 213 Å². The van der Waals surface area contributed by atoms with Gasteiger partial charge in [-0.3, -0.25) is 53.2 Å². The van der Waals surface area contributed by atoms with Crippen LogP contribution in [0.5, 0.6) is 0 Å². The molecule has 4 aromatic carbocycles. The van der Waals surface area contributed by atoms with Gasteiger partial charge in [-0.15, -0.1) is 0 Å². The fourth-order valence-corrected chi connectivity index (χ4v) is 15.9. The van der Waals surface area contributed by atoms with Gasteiger partial charge in [-0.25, -0.2) is 14.6 Å². The number of pyridine rings is 1. The third kappa shape index (κ3) is 37.0. The van der Waals surface area contributed by atoms with Gasteiger partial charge in [0.1, 0.15) is 35.6 Å². The predicted octanol–water partition coefficient (Wildman–Crippen LogP) is 5.24. The van der Waals surface area contributed by atoms with Gasteiger partial charge in [-0.1, -0.05) is 169 Å². The number of esters is 6. The topological polar surface area (TPSA) is 374 Å². The number of ether oxygens (including phenoxy) is 9. The number of aromatic nitrogens is 1. The molecule has 0 amide bonds. The Morgan fingerprint density at radius 1 is 0.449 bits per heavy atom. The van der Waals surface area contributed by atoms with Gasteiger partial charge in [0.2, 0.25) is 0 Å². The first-order valence-corrected chi connectivity index (χ1v) is 42.4. The Bertz CT molecular complexity index is 3670. The second-order valence-corrected chi connectivity index (χ2v) is 30.7. The van der Waals surface area contributed by atoms with Crippen LogP contribution in [0.2, 0.25) is 0 Å². The summed E-state index contributed by atoms with van der Waals surface area (Å²) in [7, 11) is 3.26. The summed E-state index contributed by atoms with van der Waals surface area (Å²) in [5, 5.41) is 34.9. The van der Waals surface area contributed by atoms with Crippen molar-refractivity contribution in [3.05, 3.63) is 173 Å². The summed E-state index contributed by atoms with van der Waals surface area (Å²) in [6.45, 7) is 8.80. The second kappa shape index (κ2) is 58.4. The summed E-state index contributed by atoms with van der Waals surface area (Å²) in [5.41, 5.74) is 5.22. The zero-order valence-electron chi connectivity index (χ0n) is 69.8. The molecule has 9 saturated heterocycles. The minimum Gasteiger partial charge on any atom is -1.00 e. The largest absolute Gasteiger partial charge is 1.00 e. The van der Waals surface area contributed by atoms with E-state index < -0.39 is 34.4 Å². The van der Waals surface area contributed by atoms with Crippen molar-refractivity contribution in [3.63, 3.8) is 0 Å². The number of aliphatic hydroxyl groups excluding tert-OH is 2. The number of rotatable bonds is 16. The Hall–Kier alpha value is -6.62. The van der Waals surface area contributed by atoms with E-state index in [4.69, 9.17) is 46.5 Å². The van der Waals surface area contributed by atoms with Crippen LogP contribution in [0.3, 0.4) is 0 Å². The summed E-state index contributed by atoms with van der Waals surface area (Å²) < 4.78 is 76.0. The number of carbonyl (C=O) groups is 6. The third-order valence-electron chi connectivity index (χ3n) is 21.4. The molecule has 0 radical (unpaired) electrons. The normalized spacial score (nSPS) is 24.2. The van der Waals surface area contributed by atoms with Crippen LogP contribution in [0, 0.1) is 11.3 Å². The zero-order valence-corrected chi connectivity index (χ0v) is 71.2. The average molecular weight is 1740 g/mol. The maximum absolute atomic E-state index is 12.0. The smallest absolute Gasteiger partial charge is 1.00 e. The summed E-state index contributed by atoms with van der Waals surface area (Å²) in [6.07, 6.45) is 19.4. The van der Waals surface area contributed by atoms with Gasteiger partial charge < -0.3 is 59.6 Å². The van der Waals surface area contributed by atoms with E-state index in [0.29, 0.717) is 75.0 Å². The number of aliphatic hydroxyl groups is 2. The summed E-state index contributed by atoms with van der Waals surface area (Å²) in [6, 6.07) is 50.4. The number of nitrogens with one attached hydrogen (secondary N) is 2. The molecule has 6 N–H and O–H groups in total. The van der Waals surface area contributed by atoms with Gasteiger partial charge in [0.05, 0.1) is 108 Å². The molecule has 0 saturated carbocycles. The number of methoxy groups -OCH3 is 6. The monoisotopic (exact) mass is 1740 g/mol. The average Bonchev–Trinajstić information content (AvgIpc) is 0.741. The SMILES string of the molecule is BrCc1ccccc1.C1CC2COCC(C1)N2.COC(=O)C1CCCC(C(=O)OC)N1.COC(=O)C1CCCC(C(=O)OC)N1Cc1ccccc1.COC(=O)c1cccc(C(=O)OC)n1.N#CCN1C2CCCC1COC2.O=S(=O)(O)O.OCC1CCCC(CO)N1Cc1ccccc1.[AlH3].[H-].[Li+].c1ccc(CN2C3CCCC2COC3)cc1. The molecule has 14 rings (SSSR count). The van der Waals surface area contributed by atoms with E-state index in [2.05, 4.69) is 126 Å². The minimum absolute atomic E-state index is 0. The number of hydrogen-bond donors (Lipinski definition) is 6. The minimum atomic E-state index is -4.67. The summed E-state index contributed by atoms with van der Waals surface area (Å²) in [5.74, 6) is -2.40. The maximum Gasteiger partial charge on any atom is 1.00 e. The first-order valence-electron chi connectivity index (χ1n) is 39.9. The van der Waals surface area contributed by atoms with Gasteiger partial charge in [-0.2, -0.15) is 13.7 Å². The van der Waals surface area contributed by atoms with Gasteiger partial charge in [0.25, 0.3) is 0 Å². The van der Waals surface area contributed by atoms with E-state index in [-0.39, 0.29) is 110 Å². The Labute approximate surface area is 729 Å². The van der Waals surface area contributed by atoms with Gasteiger partial charge in [-0.05, 0) is 124 Å². The summed E-state index contributed by atoms with van der Waals surface area (Å²) in [4.78, 5) is 81.3. The molecule has 0 spiro atoms. The van der Waals surface area contributed by atoms with Crippen molar-refractivity contribution in [1.82, 2.24) is 35.2 Å². The molecular formula is C85H125AlBrLiN8O21S. The third-order valence-corrected chi connectivity index (χ3v) is 22.0. The molecular weight excluding hydrogens is 1610 g/mol. The number of piperidine rings is 6. The Kier molecular flexibility index (Phi) is 51.3. The Morgan fingerprint density at radius 3 is 1.13 bits per heavy atom. The molecule has 1 aromatic heterocycles. The second-order valence-electron chi connectivity index (χ2n) is 29.2. The molecule has 9 aliphatic heterocycles. The zero-order chi connectivity index (χ0) is 84.0. The molecule has 9 aliphatic rings. The van der Waals surface area contributed by atoms with Crippen LogP contribution in [-0.2, 0) is 97.2 Å². The van der Waals surface area contributed by atoms with E-state index in [1.165, 1.54) is 135 Å². The Balaban J connectivity index is 0.000000351. The van der Waals surface area contributed by atoms with Crippen molar-refractivity contribution in [2.75, 3.05) is 102 Å². The van der Waals surface area contributed by atoms with Crippen LogP contribution in [0.4, 0.5) is 0 Å². The number of alkyl halides is 1. The molecule has 10 heterocycles. The van der Waals surface area contributed by atoms with Crippen molar-refractivity contribution in [1.29, 1.82) is 5.26 Å². The number of morpholine rings is 3. The first-order chi connectivity index (χ1) is 56.1. The van der Waals surface area contributed by atoms with Crippen molar-refractivity contribution >= 4 is 79.5 Å². The fourth-order valence-electron chi connectivity index (χ4n) is 15.5. The number of nitriles is 1. The molecule has 33 heteroatoms. The maximum atomic E-state index is 12.0. The van der Waals surface area contributed by atoms with Crippen LogP contribution in [0.1, 0.15) is 160 Å². The van der Waals surface area contributed by atoms with Gasteiger partial charge in [0, 0.05) is 73.3 Å². The van der Waals surface area contributed by atoms with E-state index in [9.17, 15) is 39.0 Å². The number of benzene rings is 4. The Morgan fingerprint density at radius 2 is 0.780 bits per heavy atom. The molecule has 118 heavy (non-hydrogen) atoms. The molecule has 0 aliphatic carbocycles. The van der Waals surface area contributed by atoms with Crippen LogP contribution in [0.15, 0.2) is 140 Å². The van der Waals surface area contributed by atoms with E-state index >= 15 is 0 Å². The van der Waals surface area contributed by atoms with Crippen LogP contribution < -0.4 is 29.5 Å². The van der Waals surface area contributed by atoms with Crippen molar-refractivity contribution in [2.24, 2.45) is 0 Å². The van der Waals surface area contributed by atoms with Crippen LogP contribution in [-0.4, -0.2) is 280 Å². The number of carbonyl (C=O) groups excluding carboxylic acids is 6. The molecule has 648 valence electrons. The van der Waals surface area contributed by atoms with Crippen LogP contribution >= 0.6 is 15.9 Å². The molecule has 6 bridgehead atoms. The summed E-state index contributed by atoms with van der Waals surface area (Å²) >= 11 is 3.36. The quantitative estimate of drug-likeness (QED) is 0.0184. The van der Waals surface area contributed by atoms with E-state index in [1.54, 1.807) is 0 Å². The molecule has 5 aromatic rings. The molecule has 12 atom stereocenters. The number of halogens is 1. The molecule has 29 nitrogen and oxygen atoms in total. The van der Waals surface area contributed by atoms with Crippen molar-refractivity contribution < 1.29 is 119 Å². The number of fused-ring (bicyclic) bond motifs is 6. The van der Waals surface area contributed by atoms with Crippen molar-refractivity contribution in [3.8, 4) is 6.07 Å². The van der Waals surface area contributed by atoms with Gasteiger partial charge in [0.15, 0.2) is 17.4 Å². The predicted molar refractivity (Wildman–Crippen MR) is 449 cm³/mol. The van der Waals surface area contributed by atoms with E-state index in [0.717, 1.165) is 95.7 Å². The molecule has 9 fully saturated rings. The number of likely N-dealkylation sites (tertiary alicyclic amines) is 2. The molecule has 12 unspecified atom stereocenters.